The van der Waals surface area contributed by atoms with Gasteiger partial charge in [-0.1, -0.05) is 18.2 Å². The molecule has 2 aromatic rings. The standard InChI is InChI=1S/C21H24N2O5S/c1-15-13-17(21(25)28-2)10-11-19(15)29(26,27)22-18-9-6-12-23(14-18)20(24)16-7-4-3-5-8-16/h3-5,7-8,10-11,13,18,22H,6,9,12,14H2,1-2H3. The molecule has 0 aromatic heterocycles. The van der Waals surface area contributed by atoms with Crippen molar-refractivity contribution < 1.29 is 22.7 Å². The maximum atomic E-state index is 12.9. The normalized spacial score (nSPS) is 17.0. The van der Waals surface area contributed by atoms with Crippen molar-refractivity contribution in [2.24, 2.45) is 0 Å². The highest BCUT2D eigenvalue weighted by molar-refractivity contribution is 7.89. The van der Waals surface area contributed by atoms with Gasteiger partial charge in [0.15, 0.2) is 0 Å². The molecule has 3 rings (SSSR count). The molecule has 154 valence electrons. The number of methoxy groups -OCH3 is 1. The molecule has 0 aliphatic carbocycles. The van der Waals surface area contributed by atoms with Gasteiger partial charge in [-0.05, 0) is 55.7 Å². The molecule has 0 bridgehead atoms. The third-order valence-corrected chi connectivity index (χ3v) is 6.62. The number of benzene rings is 2. The highest BCUT2D eigenvalue weighted by Crippen LogP contribution is 2.20. The molecule has 0 spiro atoms. The molecule has 1 saturated heterocycles. The lowest BCUT2D eigenvalue weighted by atomic mass is 10.1. The van der Waals surface area contributed by atoms with Crippen LogP contribution in [0, 0.1) is 6.92 Å². The fourth-order valence-corrected chi connectivity index (χ4v) is 4.99. The lowest BCUT2D eigenvalue weighted by Gasteiger charge is -2.33. The summed E-state index contributed by atoms with van der Waals surface area (Å²) in [4.78, 5) is 26.1. The number of esters is 1. The van der Waals surface area contributed by atoms with Crippen molar-refractivity contribution in [2.45, 2.75) is 30.7 Å². The number of hydrogen-bond donors (Lipinski definition) is 1. The van der Waals surface area contributed by atoms with Gasteiger partial charge in [0.25, 0.3) is 5.91 Å². The van der Waals surface area contributed by atoms with Crippen LogP contribution in [0.25, 0.3) is 0 Å². The topological polar surface area (TPSA) is 92.8 Å². The number of ether oxygens (including phenoxy) is 1. The van der Waals surface area contributed by atoms with Gasteiger partial charge in [0.1, 0.15) is 0 Å². The smallest absolute Gasteiger partial charge is 0.337 e. The Morgan fingerprint density at radius 3 is 2.48 bits per heavy atom. The number of carbonyl (C=O) groups is 2. The van der Waals surface area contributed by atoms with E-state index in [4.69, 9.17) is 0 Å². The summed E-state index contributed by atoms with van der Waals surface area (Å²) < 4.78 is 33.2. The van der Waals surface area contributed by atoms with Crippen LogP contribution in [-0.4, -0.2) is 51.4 Å². The van der Waals surface area contributed by atoms with Gasteiger partial charge in [0.05, 0.1) is 17.6 Å². The number of nitrogens with zero attached hydrogens (tertiary/aromatic N) is 1. The number of nitrogens with one attached hydrogen (secondary N) is 1. The van der Waals surface area contributed by atoms with E-state index >= 15 is 0 Å². The first-order chi connectivity index (χ1) is 13.8. The van der Waals surface area contributed by atoms with Gasteiger partial charge in [-0.15, -0.1) is 0 Å². The molecule has 7 nitrogen and oxygen atoms in total. The molecule has 1 heterocycles. The molecule has 1 aliphatic rings. The fourth-order valence-electron chi connectivity index (χ4n) is 3.50. The van der Waals surface area contributed by atoms with E-state index in [0.29, 0.717) is 42.6 Å². The Morgan fingerprint density at radius 2 is 1.83 bits per heavy atom. The summed E-state index contributed by atoms with van der Waals surface area (Å²) in [6, 6.07) is 12.9. The van der Waals surface area contributed by atoms with Crippen molar-refractivity contribution in [3.63, 3.8) is 0 Å². The molecule has 1 aliphatic heterocycles. The average molecular weight is 416 g/mol. The maximum Gasteiger partial charge on any atom is 0.337 e. The summed E-state index contributed by atoms with van der Waals surface area (Å²) in [7, 11) is -2.52. The average Bonchev–Trinajstić information content (AvgIpc) is 2.72. The number of piperidine rings is 1. The van der Waals surface area contributed by atoms with Crippen molar-refractivity contribution in [2.75, 3.05) is 20.2 Å². The Morgan fingerprint density at radius 1 is 1.10 bits per heavy atom. The monoisotopic (exact) mass is 416 g/mol. The van der Waals surface area contributed by atoms with Crippen LogP contribution in [-0.2, 0) is 14.8 Å². The van der Waals surface area contributed by atoms with E-state index in [-0.39, 0.29) is 16.8 Å². The summed E-state index contributed by atoms with van der Waals surface area (Å²) in [6.07, 6.45) is 1.36. The van der Waals surface area contributed by atoms with Crippen molar-refractivity contribution in [1.82, 2.24) is 9.62 Å². The lowest BCUT2D eigenvalue weighted by Crippen LogP contribution is -2.49. The molecular formula is C21H24N2O5S. The molecule has 1 fully saturated rings. The van der Waals surface area contributed by atoms with E-state index in [9.17, 15) is 18.0 Å². The van der Waals surface area contributed by atoms with Gasteiger partial charge < -0.3 is 9.64 Å². The third kappa shape index (κ3) is 4.83. The van der Waals surface area contributed by atoms with Crippen LogP contribution in [0.3, 0.4) is 0 Å². The quantitative estimate of drug-likeness (QED) is 0.756. The van der Waals surface area contributed by atoms with Crippen LogP contribution in [0.15, 0.2) is 53.4 Å². The largest absolute Gasteiger partial charge is 0.465 e. The molecule has 0 radical (unpaired) electrons. The zero-order chi connectivity index (χ0) is 21.0. The summed E-state index contributed by atoms with van der Waals surface area (Å²) in [6.45, 7) is 2.54. The second-order valence-electron chi connectivity index (χ2n) is 7.05. The van der Waals surface area contributed by atoms with Gasteiger partial charge in [0.2, 0.25) is 10.0 Å². The highest BCUT2D eigenvalue weighted by Gasteiger charge is 2.29. The Hall–Kier alpha value is -2.71. The number of aryl methyl sites for hydroxylation is 1. The molecular weight excluding hydrogens is 392 g/mol. The predicted molar refractivity (Wildman–Crippen MR) is 108 cm³/mol. The SMILES string of the molecule is COC(=O)c1ccc(S(=O)(=O)NC2CCCN(C(=O)c3ccccc3)C2)c(C)c1. The Bertz CT molecular complexity index is 1000. The van der Waals surface area contributed by atoms with E-state index in [1.54, 1.807) is 36.1 Å². The van der Waals surface area contributed by atoms with Gasteiger partial charge >= 0.3 is 5.97 Å². The molecule has 1 unspecified atom stereocenters. The molecule has 2 aromatic carbocycles. The van der Waals surface area contributed by atoms with E-state index in [2.05, 4.69) is 9.46 Å². The minimum atomic E-state index is -3.79. The lowest BCUT2D eigenvalue weighted by molar-refractivity contribution is 0.0600. The predicted octanol–water partition coefficient (Wildman–Crippen LogP) is 2.36. The summed E-state index contributed by atoms with van der Waals surface area (Å²) in [5, 5.41) is 0. The zero-order valence-corrected chi connectivity index (χ0v) is 17.2. The number of amides is 1. The number of carbonyl (C=O) groups excluding carboxylic acids is 2. The summed E-state index contributed by atoms with van der Waals surface area (Å²) >= 11 is 0. The van der Waals surface area contributed by atoms with E-state index in [1.165, 1.54) is 25.3 Å². The fraction of sp³-hybridized carbons (Fsp3) is 0.333. The second-order valence-corrected chi connectivity index (χ2v) is 8.73. The third-order valence-electron chi connectivity index (χ3n) is 4.94. The Labute approximate surface area is 170 Å². The first-order valence-electron chi connectivity index (χ1n) is 9.37. The Kier molecular flexibility index (Phi) is 6.34. The Balaban J connectivity index is 1.73. The first kappa shape index (κ1) is 21.0. The first-order valence-corrected chi connectivity index (χ1v) is 10.9. The van der Waals surface area contributed by atoms with Crippen LogP contribution >= 0.6 is 0 Å². The van der Waals surface area contributed by atoms with Gasteiger partial charge in [0, 0.05) is 24.7 Å². The highest BCUT2D eigenvalue weighted by atomic mass is 32.2. The summed E-state index contributed by atoms with van der Waals surface area (Å²) in [5.74, 6) is -0.625. The number of hydrogen-bond acceptors (Lipinski definition) is 5. The van der Waals surface area contributed by atoms with Gasteiger partial charge in [-0.25, -0.2) is 17.9 Å². The molecule has 1 N–H and O–H groups in total. The molecule has 29 heavy (non-hydrogen) atoms. The van der Waals surface area contributed by atoms with E-state index < -0.39 is 16.0 Å². The van der Waals surface area contributed by atoms with Crippen LogP contribution in [0.2, 0.25) is 0 Å². The van der Waals surface area contributed by atoms with E-state index in [0.717, 1.165) is 0 Å². The maximum absolute atomic E-state index is 12.9. The van der Waals surface area contributed by atoms with E-state index in [1.807, 2.05) is 6.07 Å². The molecule has 8 heteroatoms. The number of likely N-dealkylation sites (tertiary alicyclic amines) is 1. The van der Waals surface area contributed by atoms with Crippen LogP contribution in [0.4, 0.5) is 0 Å². The minimum absolute atomic E-state index is 0.104. The summed E-state index contributed by atoms with van der Waals surface area (Å²) in [5.41, 5.74) is 1.33. The van der Waals surface area contributed by atoms with Crippen molar-refractivity contribution in [3.8, 4) is 0 Å². The van der Waals surface area contributed by atoms with Crippen molar-refractivity contribution in [3.05, 3.63) is 65.2 Å². The van der Waals surface area contributed by atoms with Crippen molar-refractivity contribution in [1.29, 1.82) is 0 Å². The van der Waals surface area contributed by atoms with Crippen LogP contribution < -0.4 is 4.72 Å². The van der Waals surface area contributed by atoms with Crippen molar-refractivity contribution >= 4 is 21.9 Å². The molecule has 1 amide bonds. The van der Waals surface area contributed by atoms with Gasteiger partial charge in [-0.2, -0.15) is 0 Å². The van der Waals surface area contributed by atoms with Gasteiger partial charge in [-0.3, -0.25) is 4.79 Å². The second kappa shape index (κ2) is 8.75. The van der Waals surface area contributed by atoms with Crippen LogP contribution in [0.5, 0.6) is 0 Å². The molecule has 0 saturated carbocycles. The number of rotatable bonds is 5. The minimum Gasteiger partial charge on any atom is -0.465 e. The van der Waals surface area contributed by atoms with Crippen LogP contribution in [0.1, 0.15) is 39.1 Å². The molecule has 1 atom stereocenters. The number of sulfonamides is 1. The zero-order valence-electron chi connectivity index (χ0n) is 16.4.